The summed E-state index contributed by atoms with van der Waals surface area (Å²) in [5, 5.41) is 5.25. The van der Waals surface area contributed by atoms with Gasteiger partial charge in [-0.1, -0.05) is 24.3 Å². The van der Waals surface area contributed by atoms with Gasteiger partial charge in [-0.3, -0.25) is 9.59 Å². The number of hydrogen-bond acceptors (Lipinski definition) is 6. The molecule has 7 heteroatoms. The van der Waals surface area contributed by atoms with Gasteiger partial charge >= 0.3 is 5.97 Å². The molecule has 0 unspecified atom stereocenters. The summed E-state index contributed by atoms with van der Waals surface area (Å²) < 4.78 is 10.8. The number of benzene rings is 1. The molecule has 7 nitrogen and oxygen atoms in total. The first-order valence-electron chi connectivity index (χ1n) is 11.0. The molecule has 2 aromatic rings. The normalized spacial score (nSPS) is 31.8. The van der Waals surface area contributed by atoms with Crippen molar-refractivity contribution in [1.82, 2.24) is 5.01 Å². The molecule has 3 fully saturated rings. The van der Waals surface area contributed by atoms with Gasteiger partial charge in [0.1, 0.15) is 11.5 Å². The highest BCUT2D eigenvalue weighted by Gasteiger charge is 2.67. The first-order valence-corrected chi connectivity index (χ1v) is 11.0. The average molecular weight is 430 g/mol. The summed E-state index contributed by atoms with van der Waals surface area (Å²) in [6, 6.07) is 10.4. The third-order valence-electron chi connectivity index (χ3n) is 7.25. The molecule has 7 rings (SSSR count). The fraction of sp³-hybridized carbons (Fsp3) is 0.360. The van der Waals surface area contributed by atoms with Crippen LogP contribution in [0.25, 0.3) is 11.3 Å². The molecular formula is C25H22N2O5. The second kappa shape index (κ2) is 7.02. The molecule has 5 aliphatic rings. The Balaban J connectivity index is 1.18. The van der Waals surface area contributed by atoms with Gasteiger partial charge < -0.3 is 9.15 Å². The van der Waals surface area contributed by atoms with Crippen LogP contribution in [0.15, 0.2) is 58.1 Å². The number of esters is 1. The first kappa shape index (κ1) is 19.2. The van der Waals surface area contributed by atoms with E-state index in [2.05, 4.69) is 17.3 Å². The zero-order valence-corrected chi connectivity index (χ0v) is 17.5. The Bertz CT molecular complexity index is 1140. The van der Waals surface area contributed by atoms with Crippen molar-refractivity contribution in [2.75, 3.05) is 6.61 Å². The molecule has 162 valence electrons. The second-order valence-electron chi connectivity index (χ2n) is 8.89. The summed E-state index contributed by atoms with van der Waals surface area (Å²) in [5.74, 6) is 1.25. The lowest BCUT2D eigenvalue weighted by atomic mass is 9.63. The molecule has 2 heterocycles. The van der Waals surface area contributed by atoms with E-state index in [0.717, 1.165) is 17.0 Å². The standard InChI is InChI=1S/C25H22N2O5/c1-2-31-25(30)14-5-3-13(4-6-14)20-10-7-15(32-20)12-26-27-23(28)21-16-8-9-17(19-11-18(16)19)22(21)24(27)29/h3-10,12,16-19,21-22H,2,11H2,1H3/b26-12-/t16-,17-,18-,19+,21-,22+/m0/s1. The minimum atomic E-state index is -0.368. The van der Waals surface area contributed by atoms with Gasteiger partial charge in [-0.2, -0.15) is 10.1 Å². The Hall–Kier alpha value is -3.48. The van der Waals surface area contributed by atoms with Crippen LogP contribution in [0.5, 0.6) is 0 Å². The lowest BCUT2D eigenvalue weighted by Gasteiger charge is -2.37. The third-order valence-corrected chi connectivity index (χ3v) is 7.25. The van der Waals surface area contributed by atoms with Crippen molar-refractivity contribution in [2.45, 2.75) is 13.3 Å². The first-order chi connectivity index (χ1) is 15.6. The van der Waals surface area contributed by atoms with Crippen LogP contribution >= 0.6 is 0 Å². The number of hydrazone groups is 1. The van der Waals surface area contributed by atoms with E-state index in [0.29, 0.717) is 35.5 Å². The van der Waals surface area contributed by atoms with Gasteiger partial charge in [-0.15, -0.1) is 0 Å². The van der Waals surface area contributed by atoms with E-state index in [1.807, 2.05) is 0 Å². The molecule has 2 amide bonds. The molecule has 1 saturated heterocycles. The van der Waals surface area contributed by atoms with Crippen LogP contribution in [-0.4, -0.2) is 35.6 Å². The zero-order valence-electron chi connectivity index (χ0n) is 17.5. The number of ether oxygens (including phenoxy) is 1. The van der Waals surface area contributed by atoms with E-state index in [4.69, 9.17) is 9.15 Å². The maximum absolute atomic E-state index is 13.0. The molecule has 2 saturated carbocycles. The number of rotatable bonds is 5. The molecular weight excluding hydrogens is 408 g/mol. The van der Waals surface area contributed by atoms with Gasteiger partial charge in [0.05, 0.1) is 30.2 Å². The number of hydrogen-bond donors (Lipinski definition) is 0. The molecule has 1 aromatic carbocycles. The van der Waals surface area contributed by atoms with Crippen LogP contribution in [0.1, 0.15) is 29.5 Å². The molecule has 1 aromatic heterocycles. The van der Waals surface area contributed by atoms with E-state index < -0.39 is 0 Å². The van der Waals surface area contributed by atoms with Crippen molar-refractivity contribution < 1.29 is 23.5 Å². The highest BCUT2D eigenvalue weighted by atomic mass is 16.5. The van der Waals surface area contributed by atoms with Crippen molar-refractivity contribution in [3.8, 4) is 11.3 Å². The number of amides is 2. The molecule has 1 aliphatic heterocycles. The maximum atomic E-state index is 13.0. The fourth-order valence-corrected chi connectivity index (χ4v) is 5.73. The summed E-state index contributed by atoms with van der Waals surface area (Å²) >= 11 is 0. The summed E-state index contributed by atoms with van der Waals surface area (Å²) in [6.07, 6.45) is 6.84. The van der Waals surface area contributed by atoms with Crippen LogP contribution in [0, 0.1) is 35.5 Å². The van der Waals surface area contributed by atoms with Crippen LogP contribution in [0.2, 0.25) is 0 Å². The third kappa shape index (κ3) is 2.80. The molecule has 4 aliphatic carbocycles. The summed E-state index contributed by atoms with van der Waals surface area (Å²) in [7, 11) is 0. The topological polar surface area (TPSA) is 89.2 Å². The number of imide groups is 1. The largest absolute Gasteiger partial charge is 0.462 e. The SMILES string of the molecule is CCOC(=O)c1ccc(-c2ccc(/C=N\N3C(=O)[C@@H]4[C@H]5C=C[C@@H]([C@@H]6C[C@H]56)[C@@H]4C3=O)o2)cc1. The van der Waals surface area contributed by atoms with Crippen molar-refractivity contribution >= 4 is 24.0 Å². The Morgan fingerprint density at radius 1 is 1.06 bits per heavy atom. The van der Waals surface area contributed by atoms with Crippen molar-refractivity contribution in [2.24, 2.45) is 40.6 Å². The van der Waals surface area contributed by atoms with Crippen molar-refractivity contribution in [3.63, 3.8) is 0 Å². The predicted molar refractivity (Wildman–Crippen MR) is 114 cm³/mol. The lowest BCUT2D eigenvalue weighted by molar-refractivity contribution is -0.140. The van der Waals surface area contributed by atoms with Gasteiger partial charge in [0.2, 0.25) is 0 Å². The second-order valence-corrected chi connectivity index (χ2v) is 8.89. The Morgan fingerprint density at radius 2 is 1.72 bits per heavy atom. The summed E-state index contributed by atoms with van der Waals surface area (Å²) in [6.45, 7) is 2.09. The number of carbonyl (C=O) groups excluding carboxylic acids is 3. The quantitative estimate of drug-likeness (QED) is 0.313. The van der Waals surface area contributed by atoms with Crippen LogP contribution < -0.4 is 0 Å². The summed E-state index contributed by atoms with van der Waals surface area (Å²) in [5.41, 5.74) is 1.26. The van der Waals surface area contributed by atoms with E-state index in [1.54, 1.807) is 43.3 Å². The van der Waals surface area contributed by atoms with Gasteiger partial charge in [0.15, 0.2) is 0 Å². The van der Waals surface area contributed by atoms with Gasteiger partial charge in [0.25, 0.3) is 11.8 Å². The molecule has 0 radical (unpaired) electrons. The maximum Gasteiger partial charge on any atom is 0.338 e. The van der Waals surface area contributed by atoms with Crippen molar-refractivity contribution in [3.05, 3.63) is 59.9 Å². The fourth-order valence-electron chi connectivity index (χ4n) is 5.73. The highest BCUT2D eigenvalue weighted by Crippen LogP contribution is 2.65. The summed E-state index contributed by atoms with van der Waals surface area (Å²) in [4.78, 5) is 37.7. The van der Waals surface area contributed by atoms with Crippen LogP contribution in [0.4, 0.5) is 0 Å². The van der Waals surface area contributed by atoms with Crippen LogP contribution in [0.3, 0.4) is 0 Å². The number of carbonyl (C=O) groups is 3. The minimum absolute atomic E-state index is 0.180. The Morgan fingerprint density at radius 3 is 2.34 bits per heavy atom. The monoisotopic (exact) mass is 430 g/mol. The molecule has 32 heavy (non-hydrogen) atoms. The Kier molecular flexibility index (Phi) is 4.22. The van der Waals surface area contributed by atoms with Crippen molar-refractivity contribution in [1.29, 1.82) is 0 Å². The molecule has 0 N–H and O–H groups in total. The molecule has 0 spiro atoms. The molecule has 6 atom stereocenters. The predicted octanol–water partition coefficient (Wildman–Crippen LogP) is 3.51. The zero-order chi connectivity index (χ0) is 22.0. The number of nitrogens with zero attached hydrogens (tertiary/aromatic N) is 2. The highest BCUT2D eigenvalue weighted by molar-refractivity contribution is 6.06. The number of furan rings is 1. The smallest absolute Gasteiger partial charge is 0.338 e. The Labute approximate surface area is 184 Å². The minimum Gasteiger partial charge on any atom is -0.462 e. The van der Waals surface area contributed by atoms with Gasteiger partial charge in [-0.05, 0) is 61.3 Å². The van der Waals surface area contributed by atoms with E-state index >= 15 is 0 Å². The van der Waals surface area contributed by atoms with E-state index in [9.17, 15) is 14.4 Å². The van der Waals surface area contributed by atoms with E-state index in [-0.39, 0.29) is 41.5 Å². The van der Waals surface area contributed by atoms with Gasteiger partial charge in [-0.25, -0.2) is 4.79 Å². The van der Waals surface area contributed by atoms with Gasteiger partial charge in [0, 0.05) is 5.56 Å². The van der Waals surface area contributed by atoms with E-state index in [1.165, 1.54) is 6.21 Å². The molecule has 2 bridgehead atoms. The number of allylic oxidation sites excluding steroid dienone is 2. The van der Waals surface area contributed by atoms with Crippen LogP contribution in [-0.2, 0) is 14.3 Å². The lowest BCUT2D eigenvalue weighted by Crippen LogP contribution is -2.40. The average Bonchev–Trinajstić information content (AvgIpc) is 3.45.